The number of carbonyl (C=O) groups excluding carboxylic acids is 2. The van der Waals surface area contributed by atoms with E-state index in [4.69, 9.17) is 9.47 Å². The Labute approximate surface area is 177 Å². The van der Waals surface area contributed by atoms with Crippen molar-refractivity contribution in [2.24, 2.45) is 0 Å². The van der Waals surface area contributed by atoms with Gasteiger partial charge in [-0.1, -0.05) is 78.2 Å². The van der Waals surface area contributed by atoms with Gasteiger partial charge in [0.25, 0.3) is 0 Å². The number of ether oxygens (including phenoxy) is 2. The molecule has 0 amide bonds. The summed E-state index contributed by atoms with van der Waals surface area (Å²) in [5, 5.41) is 0. The first-order valence-corrected chi connectivity index (χ1v) is 11.6. The van der Waals surface area contributed by atoms with Crippen molar-refractivity contribution >= 4 is 11.9 Å². The van der Waals surface area contributed by atoms with E-state index in [2.05, 4.69) is 20.8 Å². The van der Waals surface area contributed by atoms with Crippen LogP contribution in [0.4, 0.5) is 0 Å². The Kier molecular flexibility index (Phi) is 13.9. The van der Waals surface area contributed by atoms with Crippen LogP contribution in [0.3, 0.4) is 0 Å². The molecule has 4 heteroatoms. The maximum absolute atomic E-state index is 12.2. The molecule has 0 N–H and O–H groups in total. The minimum atomic E-state index is -0.269. The van der Waals surface area contributed by atoms with Gasteiger partial charge in [-0.2, -0.15) is 0 Å². The van der Waals surface area contributed by atoms with Crippen molar-refractivity contribution < 1.29 is 19.1 Å². The third kappa shape index (κ3) is 11.7. The molecular formula is C25H40O4. The van der Waals surface area contributed by atoms with Gasteiger partial charge >= 0.3 is 11.9 Å². The van der Waals surface area contributed by atoms with E-state index in [-0.39, 0.29) is 11.9 Å². The van der Waals surface area contributed by atoms with Crippen LogP contribution in [0, 0.1) is 0 Å². The second-order valence-electron chi connectivity index (χ2n) is 7.81. The van der Waals surface area contributed by atoms with Crippen molar-refractivity contribution in [1.82, 2.24) is 0 Å². The van der Waals surface area contributed by atoms with Crippen LogP contribution in [-0.4, -0.2) is 11.9 Å². The molecule has 1 rings (SSSR count). The molecule has 164 valence electrons. The topological polar surface area (TPSA) is 52.6 Å². The van der Waals surface area contributed by atoms with Crippen molar-refractivity contribution in [1.29, 1.82) is 0 Å². The van der Waals surface area contributed by atoms with Gasteiger partial charge in [-0.05, 0) is 43.4 Å². The van der Waals surface area contributed by atoms with Gasteiger partial charge < -0.3 is 9.47 Å². The van der Waals surface area contributed by atoms with Crippen LogP contribution in [0.25, 0.3) is 0 Å². The first kappa shape index (κ1) is 25.2. The molecule has 0 aliphatic heterocycles. The van der Waals surface area contributed by atoms with Crippen molar-refractivity contribution in [3.8, 4) is 11.5 Å². The van der Waals surface area contributed by atoms with Gasteiger partial charge in [0.15, 0.2) is 11.5 Å². The molecule has 0 bridgehead atoms. The number of esters is 2. The molecule has 0 saturated heterocycles. The molecule has 0 spiro atoms. The summed E-state index contributed by atoms with van der Waals surface area (Å²) in [7, 11) is 0. The summed E-state index contributed by atoms with van der Waals surface area (Å²) in [6.45, 7) is 6.41. The minimum absolute atomic E-state index is 0.262. The molecule has 0 aliphatic rings. The highest BCUT2D eigenvalue weighted by Crippen LogP contribution is 2.30. The van der Waals surface area contributed by atoms with Crippen LogP contribution in [0.15, 0.2) is 18.2 Å². The van der Waals surface area contributed by atoms with Crippen molar-refractivity contribution in [2.45, 2.75) is 111 Å². The number of hydrogen-bond acceptors (Lipinski definition) is 4. The predicted molar refractivity (Wildman–Crippen MR) is 118 cm³/mol. The molecule has 0 atom stereocenters. The maximum Gasteiger partial charge on any atom is 0.311 e. The molecule has 0 heterocycles. The van der Waals surface area contributed by atoms with E-state index in [9.17, 15) is 9.59 Å². The quantitative estimate of drug-likeness (QED) is 0.166. The number of rotatable bonds is 16. The zero-order chi connectivity index (χ0) is 21.3. The smallest absolute Gasteiger partial charge is 0.311 e. The molecule has 0 aromatic heterocycles. The van der Waals surface area contributed by atoms with Crippen LogP contribution in [0.5, 0.6) is 11.5 Å². The summed E-state index contributed by atoms with van der Waals surface area (Å²) in [6.07, 6.45) is 13.5. The first-order valence-electron chi connectivity index (χ1n) is 11.6. The van der Waals surface area contributed by atoms with Gasteiger partial charge in [0, 0.05) is 12.8 Å². The molecule has 0 unspecified atom stereocenters. The fourth-order valence-corrected chi connectivity index (χ4v) is 3.19. The predicted octanol–water partition coefficient (Wildman–Crippen LogP) is 7.17. The lowest BCUT2D eigenvalue weighted by Gasteiger charge is -2.12. The second-order valence-corrected chi connectivity index (χ2v) is 7.81. The van der Waals surface area contributed by atoms with Crippen molar-refractivity contribution in [2.75, 3.05) is 0 Å². The van der Waals surface area contributed by atoms with E-state index in [1.54, 1.807) is 6.07 Å². The molecule has 0 fully saturated rings. The number of benzene rings is 1. The number of unbranched alkanes of at least 4 members (excludes halogenated alkanes) is 8. The zero-order valence-corrected chi connectivity index (χ0v) is 18.8. The van der Waals surface area contributed by atoms with Gasteiger partial charge in [-0.15, -0.1) is 0 Å². The van der Waals surface area contributed by atoms with E-state index < -0.39 is 0 Å². The van der Waals surface area contributed by atoms with Crippen LogP contribution in [0.1, 0.15) is 110 Å². The highest BCUT2D eigenvalue weighted by molar-refractivity contribution is 5.76. The van der Waals surface area contributed by atoms with Crippen LogP contribution < -0.4 is 9.47 Å². The summed E-state index contributed by atoms with van der Waals surface area (Å²) >= 11 is 0. The molecule has 4 nitrogen and oxygen atoms in total. The van der Waals surface area contributed by atoms with Gasteiger partial charge in [0.2, 0.25) is 0 Å². The monoisotopic (exact) mass is 404 g/mol. The Morgan fingerprint density at radius 2 is 1.17 bits per heavy atom. The van der Waals surface area contributed by atoms with Gasteiger partial charge in [0.05, 0.1) is 0 Å². The minimum Gasteiger partial charge on any atom is -0.423 e. The van der Waals surface area contributed by atoms with Gasteiger partial charge in [-0.3, -0.25) is 9.59 Å². The van der Waals surface area contributed by atoms with E-state index in [0.717, 1.165) is 56.9 Å². The van der Waals surface area contributed by atoms with Crippen molar-refractivity contribution in [3.05, 3.63) is 23.8 Å². The molecule has 29 heavy (non-hydrogen) atoms. The number of hydrogen-bond donors (Lipinski definition) is 0. The van der Waals surface area contributed by atoms with E-state index in [1.165, 1.54) is 25.7 Å². The Hall–Kier alpha value is -1.84. The van der Waals surface area contributed by atoms with Gasteiger partial charge in [-0.25, -0.2) is 0 Å². The molecule has 1 aromatic rings. The van der Waals surface area contributed by atoms with Crippen LogP contribution in [-0.2, 0) is 16.0 Å². The normalized spacial score (nSPS) is 10.7. The largest absolute Gasteiger partial charge is 0.423 e. The van der Waals surface area contributed by atoms with Gasteiger partial charge in [0.1, 0.15) is 0 Å². The lowest BCUT2D eigenvalue weighted by atomic mass is 10.0. The molecular weight excluding hydrogens is 364 g/mol. The van der Waals surface area contributed by atoms with E-state index in [0.29, 0.717) is 24.3 Å². The molecule has 0 aliphatic carbocycles. The molecule has 0 saturated carbocycles. The SMILES string of the molecule is CCCCCCCc1ccc(OC(=O)CCCCC)c(OC(=O)CCCCC)c1. The number of carbonyl (C=O) groups is 2. The third-order valence-electron chi connectivity index (χ3n) is 4.99. The molecule has 1 aromatic carbocycles. The van der Waals surface area contributed by atoms with Crippen LogP contribution >= 0.6 is 0 Å². The van der Waals surface area contributed by atoms with Crippen molar-refractivity contribution in [3.63, 3.8) is 0 Å². The average Bonchev–Trinajstić information content (AvgIpc) is 2.70. The Balaban J connectivity index is 2.75. The summed E-state index contributed by atoms with van der Waals surface area (Å²) in [6, 6.07) is 5.61. The highest BCUT2D eigenvalue weighted by Gasteiger charge is 2.15. The summed E-state index contributed by atoms with van der Waals surface area (Å²) in [5.74, 6) is 0.197. The Bertz CT molecular complexity index is 594. The lowest BCUT2D eigenvalue weighted by Crippen LogP contribution is -2.12. The summed E-state index contributed by atoms with van der Waals surface area (Å²) in [5.41, 5.74) is 1.11. The lowest BCUT2D eigenvalue weighted by molar-refractivity contribution is -0.137. The Morgan fingerprint density at radius 1 is 0.655 bits per heavy atom. The Morgan fingerprint density at radius 3 is 1.76 bits per heavy atom. The number of aryl methyl sites for hydroxylation is 1. The van der Waals surface area contributed by atoms with Crippen LogP contribution in [0.2, 0.25) is 0 Å². The molecule has 0 radical (unpaired) electrons. The zero-order valence-electron chi connectivity index (χ0n) is 18.8. The third-order valence-corrected chi connectivity index (χ3v) is 4.99. The first-order chi connectivity index (χ1) is 14.1. The summed E-state index contributed by atoms with van der Waals surface area (Å²) < 4.78 is 11.1. The fourth-order valence-electron chi connectivity index (χ4n) is 3.19. The van der Waals surface area contributed by atoms with E-state index in [1.807, 2.05) is 12.1 Å². The summed E-state index contributed by atoms with van der Waals surface area (Å²) in [4.78, 5) is 24.3. The highest BCUT2D eigenvalue weighted by atomic mass is 16.6. The standard InChI is InChI=1S/C25H40O4/c1-4-7-10-11-14-15-21-18-19-22(28-24(26)16-12-8-5-2)23(20-21)29-25(27)17-13-9-6-3/h18-20H,4-17H2,1-3H3. The fraction of sp³-hybridized carbons (Fsp3) is 0.680. The maximum atomic E-state index is 12.2. The average molecular weight is 405 g/mol. The second kappa shape index (κ2) is 16.0. The van der Waals surface area contributed by atoms with E-state index >= 15 is 0 Å².